The molecule has 4 aromatic rings. The van der Waals surface area contributed by atoms with Crippen molar-refractivity contribution in [3.05, 3.63) is 77.7 Å². The minimum absolute atomic E-state index is 0.0709. The highest BCUT2D eigenvalue weighted by atomic mass is 32.2. The summed E-state index contributed by atoms with van der Waals surface area (Å²) in [5.41, 5.74) is 3.96. The van der Waals surface area contributed by atoms with Gasteiger partial charge >= 0.3 is 0 Å². The van der Waals surface area contributed by atoms with Gasteiger partial charge in [-0.3, -0.25) is 4.79 Å². The SMILES string of the molecule is Cc1cccc(-n2ncc3c(N=NCc4ccc(C(=O)NCCS(C)(=O)=O)cc4)ncnc32)c1. The van der Waals surface area contributed by atoms with E-state index in [9.17, 15) is 13.2 Å². The number of carbonyl (C=O) groups excluding carboxylic acids is 1. The van der Waals surface area contributed by atoms with E-state index in [4.69, 9.17) is 0 Å². The van der Waals surface area contributed by atoms with Crippen molar-refractivity contribution in [2.75, 3.05) is 18.6 Å². The van der Waals surface area contributed by atoms with E-state index in [2.05, 4.69) is 30.6 Å². The zero-order valence-electron chi connectivity index (χ0n) is 18.7. The molecule has 0 spiro atoms. The van der Waals surface area contributed by atoms with E-state index >= 15 is 0 Å². The number of aryl methyl sites for hydroxylation is 1. The molecule has 1 N–H and O–H groups in total. The van der Waals surface area contributed by atoms with Crippen LogP contribution in [-0.4, -0.2) is 52.6 Å². The molecule has 0 atom stereocenters. The second-order valence-corrected chi connectivity index (χ2v) is 10.1. The van der Waals surface area contributed by atoms with E-state index in [1.165, 1.54) is 6.33 Å². The summed E-state index contributed by atoms with van der Waals surface area (Å²) < 4.78 is 24.1. The first-order valence-corrected chi connectivity index (χ1v) is 12.5. The fraction of sp³-hybridized carbons (Fsp3) is 0.217. The third-order valence-electron chi connectivity index (χ3n) is 4.98. The van der Waals surface area contributed by atoms with E-state index < -0.39 is 9.84 Å². The Labute approximate surface area is 196 Å². The normalized spacial score (nSPS) is 11.8. The second kappa shape index (κ2) is 9.87. The molecular weight excluding hydrogens is 454 g/mol. The number of rotatable bonds is 8. The van der Waals surface area contributed by atoms with Crippen LogP contribution in [-0.2, 0) is 16.4 Å². The van der Waals surface area contributed by atoms with Gasteiger partial charge in [-0.2, -0.15) is 10.2 Å². The highest BCUT2D eigenvalue weighted by molar-refractivity contribution is 7.90. The fourth-order valence-electron chi connectivity index (χ4n) is 3.26. The predicted molar refractivity (Wildman–Crippen MR) is 128 cm³/mol. The van der Waals surface area contributed by atoms with E-state index in [0.29, 0.717) is 29.0 Å². The molecular formula is C23H23N7O3S. The van der Waals surface area contributed by atoms with Crippen molar-refractivity contribution < 1.29 is 13.2 Å². The van der Waals surface area contributed by atoms with Gasteiger partial charge in [0.2, 0.25) is 0 Å². The van der Waals surface area contributed by atoms with Crippen molar-refractivity contribution in [2.24, 2.45) is 10.2 Å². The van der Waals surface area contributed by atoms with Gasteiger partial charge in [0.15, 0.2) is 11.5 Å². The molecule has 0 fully saturated rings. The summed E-state index contributed by atoms with van der Waals surface area (Å²) >= 11 is 0. The molecule has 0 bridgehead atoms. The van der Waals surface area contributed by atoms with Crippen LogP contribution in [0.3, 0.4) is 0 Å². The summed E-state index contributed by atoms with van der Waals surface area (Å²) in [5.74, 6) is -0.00571. The molecule has 11 heteroatoms. The molecule has 4 rings (SSSR count). The Morgan fingerprint density at radius 2 is 1.91 bits per heavy atom. The Morgan fingerprint density at radius 3 is 2.65 bits per heavy atom. The zero-order chi connectivity index (χ0) is 24.1. The lowest BCUT2D eigenvalue weighted by molar-refractivity contribution is 0.0956. The van der Waals surface area contributed by atoms with E-state index in [1.807, 2.05) is 31.2 Å². The molecule has 34 heavy (non-hydrogen) atoms. The van der Waals surface area contributed by atoms with Gasteiger partial charge in [0.1, 0.15) is 16.2 Å². The number of carbonyl (C=O) groups is 1. The monoisotopic (exact) mass is 477 g/mol. The van der Waals surface area contributed by atoms with Gasteiger partial charge in [0, 0.05) is 18.4 Å². The van der Waals surface area contributed by atoms with E-state index in [1.54, 1.807) is 35.1 Å². The van der Waals surface area contributed by atoms with Crippen molar-refractivity contribution in [1.29, 1.82) is 0 Å². The minimum Gasteiger partial charge on any atom is -0.351 e. The molecule has 0 aliphatic heterocycles. The lowest BCUT2D eigenvalue weighted by Crippen LogP contribution is -2.28. The third kappa shape index (κ3) is 5.67. The van der Waals surface area contributed by atoms with Gasteiger partial charge in [-0.05, 0) is 42.3 Å². The molecule has 10 nitrogen and oxygen atoms in total. The minimum atomic E-state index is -3.12. The highest BCUT2D eigenvalue weighted by Crippen LogP contribution is 2.24. The lowest BCUT2D eigenvalue weighted by atomic mass is 10.1. The van der Waals surface area contributed by atoms with Gasteiger partial charge in [0.05, 0.1) is 29.6 Å². The molecule has 2 heterocycles. The maximum atomic E-state index is 12.1. The number of azo groups is 1. The van der Waals surface area contributed by atoms with Crippen LogP contribution >= 0.6 is 0 Å². The average Bonchev–Trinajstić information content (AvgIpc) is 3.24. The number of fused-ring (bicyclic) bond motifs is 1. The summed E-state index contributed by atoms with van der Waals surface area (Å²) in [7, 11) is -3.12. The van der Waals surface area contributed by atoms with Gasteiger partial charge < -0.3 is 5.32 Å². The molecule has 0 saturated heterocycles. The maximum Gasteiger partial charge on any atom is 0.251 e. The summed E-state index contributed by atoms with van der Waals surface area (Å²) in [6.07, 6.45) is 4.23. The van der Waals surface area contributed by atoms with Gasteiger partial charge in [-0.15, -0.1) is 5.11 Å². The molecule has 2 aromatic heterocycles. The highest BCUT2D eigenvalue weighted by Gasteiger charge is 2.11. The Morgan fingerprint density at radius 1 is 1.12 bits per heavy atom. The second-order valence-electron chi connectivity index (χ2n) is 7.81. The lowest BCUT2D eigenvalue weighted by Gasteiger charge is -2.05. The Bertz CT molecular complexity index is 1460. The first-order valence-electron chi connectivity index (χ1n) is 10.5. The summed E-state index contributed by atoms with van der Waals surface area (Å²) in [6.45, 7) is 2.39. The third-order valence-corrected chi connectivity index (χ3v) is 5.93. The predicted octanol–water partition coefficient (Wildman–Crippen LogP) is 3.18. The molecule has 0 saturated carbocycles. The van der Waals surface area contributed by atoms with Crippen molar-refractivity contribution in [1.82, 2.24) is 25.1 Å². The number of nitrogens with one attached hydrogen (secondary N) is 1. The van der Waals surface area contributed by atoms with Crippen LogP contribution in [0.1, 0.15) is 21.5 Å². The Kier molecular flexibility index (Phi) is 6.73. The van der Waals surface area contributed by atoms with Gasteiger partial charge in [-0.1, -0.05) is 24.3 Å². The molecule has 0 radical (unpaired) electrons. The molecule has 0 aliphatic carbocycles. The number of hydrogen-bond acceptors (Lipinski definition) is 8. The molecule has 0 unspecified atom stereocenters. The fourth-order valence-corrected chi connectivity index (χ4v) is 3.73. The van der Waals surface area contributed by atoms with Crippen LogP contribution in [0.4, 0.5) is 5.82 Å². The van der Waals surface area contributed by atoms with Crippen LogP contribution in [0.5, 0.6) is 0 Å². The van der Waals surface area contributed by atoms with Crippen molar-refractivity contribution in [3.63, 3.8) is 0 Å². The largest absolute Gasteiger partial charge is 0.351 e. The smallest absolute Gasteiger partial charge is 0.251 e. The van der Waals surface area contributed by atoms with Gasteiger partial charge in [0.25, 0.3) is 5.91 Å². The summed E-state index contributed by atoms with van der Waals surface area (Å²) in [6, 6.07) is 14.8. The number of sulfone groups is 1. The molecule has 0 aliphatic rings. The maximum absolute atomic E-state index is 12.1. The first-order chi connectivity index (χ1) is 16.3. The number of amides is 1. The average molecular weight is 478 g/mol. The topological polar surface area (TPSA) is 132 Å². The van der Waals surface area contributed by atoms with Crippen LogP contribution < -0.4 is 5.32 Å². The van der Waals surface area contributed by atoms with E-state index in [0.717, 1.165) is 23.1 Å². The number of benzene rings is 2. The first kappa shape index (κ1) is 23.2. The van der Waals surface area contributed by atoms with Crippen LogP contribution in [0, 0.1) is 6.92 Å². The van der Waals surface area contributed by atoms with Crippen molar-refractivity contribution in [2.45, 2.75) is 13.5 Å². The quantitative estimate of drug-likeness (QED) is 0.388. The Balaban J connectivity index is 1.42. The van der Waals surface area contributed by atoms with Crippen LogP contribution in [0.15, 0.2) is 71.3 Å². The van der Waals surface area contributed by atoms with E-state index in [-0.39, 0.29) is 18.2 Å². The van der Waals surface area contributed by atoms with Crippen LogP contribution in [0.25, 0.3) is 16.7 Å². The van der Waals surface area contributed by atoms with Crippen molar-refractivity contribution >= 4 is 32.6 Å². The number of aromatic nitrogens is 4. The standard InChI is InChI=1S/C23H23N7O3S/c1-16-4-3-5-19(12-16)30-22-20(14-28-30)21(25-15-26-22)29-27-13-17-6-8-18(9-7-17)23(31)24-10-11-34(2,32)33/h3-9,12,14-15H,10-11,13H2,1-2H3,(H,24,31). The summed E-state index contributed by atoms with van der Waals surface area (Å²) in [5, 5.41) is 16.2. The van der Waals surface area contributed by atoms with Crippen molar-refractivity contribution in [3.8, 4) is 5.69 Å². The molecule has 2 aromatic carbocycles. The number of hydrogen-bond donors (Lipinski definition) is 1. The van der Waals surface area contributed by atoms with Crippen LogP contribution in [0.2, 0.25) is 0 Å². The molecule has 1 amide bonds. The number of nitrogens with zero attached hydrogens (tertiary/aromatic N) is 6. The Hall–Kier alpha value is -3.99. The molecule has 174 valence electrons. The zero-order valence-corrected chi connectivity index (χ0v) is 19.5. The summed E-state index contributed by atoms with van der Waals surface area (Å²) in [4.78, 5) is 20.7. The van der Waals surface area contributed by atoms with Gasteiger partial charge in [-0.25, -0.2) is 23.1 Å².